The Kier molecular flexibility index (Phi) is 4.36. The molecular weight excluding hydrogens is 248 g/mol. The molecule has 1 amide bonds. The third kappa shape index (κ3) is 2.88. The van der Waals surface area contributed by atoms with Crippen molar-refractivity contribution >= 4 is 5.91 Å². The van der Waals surface area contributed by atoms with Gasteiger partial charge in [-0.3, -0.25) is 4.79 Å². The summed E-state index contributed by atoms with van der Waals surface area (Å²) in [4.78, 5) is 15.0. The van der Waals surface area contributed by atoms with E-state index in [2.05, 4.69) is 34.5 Å². The monoisotopic (exact) mass is 272 g/mol. The van der Waals surface area contributed by atoms with Gasteiger partial charge >= 0.3 is 0 Å². The van der Waals surface area contributed by atoms with Gasteiger partial charge in [-0.1, -0.05) is 49.6 Å². The fraction of sp³-hybridized carbons (Fsp3) is 0.588. The normalized spacial score (nSPS) is 24.6. The van der Waals surface area contributed by atoms with Crippen LogP contribution < -0.4 is 5.32 Å². The van der Waals surface area contributed by atoms with Crippen LogP contribution in [0.4, 0.5) is 0 Å². The number of piperazine rings is 1. The van der Waals surface area contributed by atoms with Crippen LogP contribution in [0.1, 0.15) is 43.7 Å². The van der Waals surface area contributed by atoms with Gasteiger partial charge in [0.25, 0.3) is 0 Å². The van der Waals surface area contributed by atoms with Crippen molar-refractivity contribution in [3.05, 3.63) is 35.9 Å². The van der Waals surface area contributed by atoms with Gasteiger partial charge in [-0.2, -0.15) is 0 Å². The predicted molar refractivity (Wildman–Crippen MR) is 80.3 cm³/mol. The van der Waals surface area contributed by atoms with E-state index in [0.29, 0.717) is 5.91 Å². The maximum atomic E-state index is 12.8. The first-order chi connectivity index (χ1) is 9.86. The summed E-state index contributed by atoms with van der Waals surface area (Å²) in [5, 5.41) is 3.43. The molecule has 1 saturated heterocycles. The Morgan fingerprint density at radius 3 is 2.60 bits per heavy atom. The highest BCUT2D eigenvalue weighted by molar-refractivity contribution is 5.79. The van der Waals surface area contributed by atoms with Crippen LogP contribution in [-0.2, 0) is 4.79 Å². The fourth-order valence-corrected chi connectivity index (χ4v) is 3.53. The summed E-state index contributed by atoms with van der Waals surface area (Å²) in [5.74, 6) is 0.660. The maximum absolute atomic E-state index is 12.8. The molecule has 1 heterocycles. The molecule has 1 atom stereocenters. The van der Waals surface area contributed by atoms with Crippen LogP contribution in [0.25, 0.3) is 0 Å². The molecule has 3 nitrogen and oxygen atoms in total. The SMILES string of the molecule is O=C(C1CCCCC1)N1CCNCC1c1ccccc1. The Hall–Kier alpha value is -1.35. The van der Waals surface area contributed by atoms with Crippen molar-refractivity contribution in [1.29, 1.82) is 0 Å². The van der Waals surface area contributed by atoms with Gasteiger partial charge in [0.1, 0.15) is 0 Å². The number of hydrogen-bond acceptors (Lipinski definition) is 2. The van der Waals surface area contributed by atoms with Crippen LogP contribution >= 0.6 is 0 Å². The highest BCUT2D eigenvalue weighted by atomic mass is 16.2. The Morgan fingerprint density at radius 2 is 1.85 bits per heavy atom. The van der Waals surface area contributed by atoms with Crippen molar-refractivity contribution in [1.82, 2.24) is 10.2 Å². The lowest BCUT2D eigenvalue weighted by atomic mass is 9.87. The van der Waals surface area contributed by atoms with Gasteiger partial charge in [-0.15, -0.1) is 0 Å². The van der Waals surface area contributed by atoms with Crippen LogP contribution in [0.2, 0.25) is 0 Å². The average molecular weight is 272 g/mol. The van der Waals surface area contributed by atoms with Gasteiger partial charge in [0.15, 0.2) is 0 Å². The number of hydrogen-bond donors (Lipinski definition) is 1. The van der Waals surface area contributed by atoms with E-state index in [0.717, 1.165) is 32.5 Å². The average Bonchev–Trinajstić information content (AvgIpc) is 2.56. The Morgan fingerprint density at radius 1 is 1.10 bits per heavy atom. The molecule has 1 N–H and O–H groups in total. The van der Waals surface area contributed by atoms with Crippen molar-refractivity contribution in [2.45, 2.75) is 38.1 Å². The van der Waals surface area contributed by atoms with E-state index in [1.54, 1.807) is 0 Å². The Bertz CT molecular complexity index is 440. The molecule has 3 rings (SSSR count). The fourth-order valence-electron chi connectivity index (χ4n) is 3.53. The molecule has 2 aliphatic rings. The number of amides is 1. The van der Waals surface area contributed by atoms with Crippen molar-refractivity contribution in [3.63, 3.8) is 0 Å². The minimum Gasteiger partial charge on any atom is -0.333 e. The lowest BCUT2D eigenvalue weighted by Crippen LogP contribution is -2.50. The molecular formula is C17H24N2O. The van der Waals surface area contributed by atoms with Crippen molar-refractivity contribution in [3.8, 4) is 0 Å². The summed E-state index contributed by atoms with van der Waals surface area (Å²) in [6, 6.07) is 10.6. The molecule has 3 heteroatoms. The van der Waals surface area contributed by atoms with E-state index < -0.39 is 0 Å². The van der Waals surface area contributed by atoms with E-state index in [4.69, 9.17) is 0 Å². The molecule has 0 aromatic heterocycles. The minimum absolute atomic E-state index is 0.208. The second-order valence-corrected chi connectivity index (χ2v) is 6.00. The molecule has 1 aliphatic heterocycles. The molecule has 2 fully saturated rings. The number of rotatable bonds is 2. The molecule has 20 heavy (non-hydrogen) atoms. The first-order valence-corrected chi connectivity index (χ1v) is 7.92. The zero-order valence-corrected chi connectivity index (χ0v) is 12.1. The Balaban J connectivity index is 1.76. The summed E-state index contributed by atoms with van der Waals surface area (Å²) in [5.41, 5.74) is 1.25. The zero-order valence-electron chi connectivity index (χ0n) is 12.1. The summed E-state index contributed by atoms with van der Waals surface area (Å²) >= 11 is 0. The largest absolute Gasteiger partial charge is 0.333 e. The van der Waals surface area contributed by atoms with Gasteiger partial charge in [0.2, 0.25) is 5.91 Å². The lowest BCUT2D eigenvalue weighted by molar-refractivity contribution is -0.140. The molecule has 108 valence electrons. The highest BCUT2D eigenvalue weighted by Crippen LogP contribution is 2.30. The third-order valence-electron chi connectivity index (χ3n) is 4.67. The van der Waals surface area contributed by atoms with E-state index in [1.165, 1.54) is 24.8 Å². The van der Waals surface area contributed by atoms with Crippen molar-refractivity contribution < 1.29 is 4.79 Å². The maximum Gasteiger partial charge on any atom is 0.226 e. The van der Waals surface area contributed by atoms with E-state index >= 15 is 0 Å². The minimum atomic E-state index is 0.208. The summed E-state index contributed by atoms with van der Waals surface area (Å²) in [6.07, 6.45) is 5.92. The van der Waals surface area contributed by atoms with E-state index in [1.807, 2.05) is 6.07 Å². The van der Waals surface area contributed by atoms with Crippen molar-refractivity contribution in [2.24, 2.45) is 5.92 Å². The van der Waals surface area contributed by atoms with Crippen LogP contribution in [-0.4, -0.2) is 30.4 Å². The summed E-state index contributed by atoms with van der Waals surface area (Å²) in [6.45, 7) is 2.64. The molecule has 1 aliphatic carbocycles. The first-order valence-electron chi connectivity index (χ1n) is 7.92. The molecule has 1 unspecified atom stereocenters. The standard InChI is InChI=1S/C17H24N2O/c20-17(15-9-5-2-6-10-15)19-12-11-18-13-16(19)14-7-3-1-4-8-14/h1,3-4,7-8,15-16,18H,2,5-6,9-13H2. The zero-order chi connectivity index (χ0) is 13.8. The second-order valence-electron chi connectivity index (χ2n) is 6.00. The van der Waals surface area contributed by atoms with Gasteiger partial charge in [-0.25, -0.2) is 0 Å². The number of nitrogens with one attached hydrogen (secondary N) is 1. The number of carbonyl (C=O) groups is 1. The quantitative estimate of drug-likeness (QED) is 0.898. The smallest absolute Gasteiger partial charge is 0.226 e. The lowest BCUT2D eigenvalue weighted by Gasteiger charge is -2.39. The van der Waals surface area contributed by atoms with Crippen LogP contribution in [0.5, 0.6) is 0 Å². The number of carbonyl (C=O) groups excluding carboxylic acids is 1. The van der Waals surface area contributed by atoms with Gasteiger partial charge in [-0.05, 0) is 18.4 Å². The number of nitrogens with zero attached hydrogens (tertiary/aromatic N) is 1. The van der Waals surface area contributed by atoms with Crippen LogP contribution in [0.3, 0.4) is 0 Å². The van der Waals surface area contributed by atoms with E-state index in [9.17, 15) is 4.79 Å². The predicted octanol–water partition coefficient (Wildman–Crippen LogP) is 2.74. The molecule has 1 aromatic rings. The van der Waals surface area contributed by atoms with Crippen LogP contribution in [0.15, 0.2) is 30.3 Å². The van der Waals surface area contributed by atoms with Gasteiger partial charge < -0.3 is 10.2 Å². The molecule has 1 aromatic carbocycles. The first kappa shape index (κ1) is 13.6. The van der Waals surface area contributed by atoms with E-state index in [-0.39, 0.29) is 12.0 Å². The molecule has 0 bridgehead atoms. The molecule has 1 saturated carbocycles. The second kappa shape index (κ2) is 6.40. The highest BCUT2D eigenvalue weighted by Gasteiger charge is 2.32. The summed E-state index contributed by atoms with van der Waals surface area (Å²) < 4.78 is 0. The number of benzene rings is 1. The Labute approximate surface area is 121 Å². The van der Waals surface area contributed by atoms with Gasteiger partial charge in [0.05, 0.1) is 6.04 Å². The van der Waals surface area contributed by atoms with Crippen LogP contribution in [0, 0.1) is 5.92 Å². The van der Waals surface area contributed by atoms with Gasteiger partial charge in [0, 0.05) is 25.6 Å². The summed E-state index contributed by atoms with van der Waals surface area (Å²) in [7, 11) is 0. The molecule has 0 radical (unpaired) electrons. The third-order valence-corrected chi connectivity index (χ3v) is 4.67. The molecule has 0 spiro atoms. The van der Waals surface area contributed by atoms with Crippen molar-refractivity contribution in [2.75, 3.05) is 19.6 Å². The topological polar surface area (TPSA) is 32.3 Å².